The van der Waals surface area contributed by atoms with Crippen molar-refractivity contribution in [2.24, 2.45) is 5.92 Å². The summed E-state index contributed by atoms with van der Waals surface area (Å²) in [5, 5.41) is 12.3. The van der Waals surface area contributed by atoms with Gasteiger partial charge < -0.3 is 15.2 Å². The van der Waals surface area contributed by atoms with Crippen molar-refractivity contribution in [2.45, 2.75) is 12.5 Å². The van der Waals surface area contributed by atoms with Gasteiger partial charge in [-0.3, -0.25) is 0 Å². The zero-order valence-corrected chi connectivity index (χ0v) is 9.24. The molecular weight excluding hydrogens is 209 g/mol. The van der Waals surface area contributed by atoms with Gasteiger partial charge in [-0.25, -0.2) is 4.39 Å². The summed E-state index contributed by atoms with van der Waals surface area (Å²) in [6, 6.07) is 4.60. The predicted molar refractivity (Wildman–Crippen MR) is 58.9 cm³/mol. The van der Waals surface area contributed by atoms with Crippen molar-refractivity contribution in [3.8, 4) is 5.75 Å². The molecule has 88 valence electrons. The SMILES string of the molecule is COc1ccc(F)cc1C1CC(CO)CN1. The van der Waals surface area contributed by atoms with Crippen LogP contribution in [0.3, 0.4) is 0 Å². The van der Waals surface area contributed by atoms with Gasteiger partial charge in [0.1, 0.15) is 11.6 Å². The molecule has 1 aromatic carbocycles. The Morgan fingerprint density at radius 2 is 2.38 bits per heavy atom. The number of hydrogen-bond donors (Lipinski definition) is 2. The second-order valence-corrected chi connectivity index (χ2v) is 4.13. The Hall–Kier alpha value is -1.13. The van der Waals surface area contributed by atoms with E-state index in [1.54, 1.807) is 13.2 Å². The number of benzene rings is 1. The smallest absolute Gasteiger partial charge is 0.123 e. The highest BCUT2D eigenvalue weighted by Gasteiger charge is 2.26. The Morgan fingerprint density at radius 1 is 1.56 bits per heavy atom. The van der Waals surface area contributed by atoms with E-state index in [1.165, 1.54) is 12.1 Å². The van der Waals surface area contributed by atoms with Gasteiger partial charge in [0.2, 0.25) is 0 Å². The van der Waals surface area contributed by atoms with Gasteiger partial charge in [0.25, 0.3) is 0 Å². The van der Waals surface area contributed by atoms with Crippen LogP contribution < -0.4 is 10.1 Å². The molecule has 16 heavy (non-hydrogen) atoms. The van der Waals surface area contributed by atoms with Gasteiger partial charge >= 0.3 is 0 Å². The monoisotopic (exact) mass is 225 g/mol. The summed E-state index contributed by atoms with van der Waals surface area (Å²) in [5.41, 5.74) is 0.832. The third-order valence-electron chi connectivity index (χ3n) is 3.05. The van der Waals surface area contributed by atoms with Crippen LogP contribution in [0.1, 0.15) is 18.0 Å². The Kier molecular flexibility index (Phi) is 3.41. The standard InChI is InChI=1S/C12H16FNO2/c1-16-12-3-2-9(13)5-10(12)11-4-8(7-15)6-14-11/h2-3,5,8,11,14-15H,4,6-7H2,1H3. The van der Waals surface area contributed by atoms with Crippen molar-refractivity contribution >= 4 is 0 Å². The summed E-state index contributed by atoms with van der Waals surface area (Å²) in [4.78, 5) is 0. The first-order valence-electron chi connectivity index (χ1n) is 5.42. The average Bonchev–Trinajstić information content (AvgIpc) is 2.77. The van der Waals surface area contributed by atoms with Crippen molar-refractivity contribution in [2.75, 3.05) is 20.3 Å². The molecule has 3 nitrogen and oxygen atoms in total. The number of rotatable bonds is 3. The van der Waals surface area contributed by atoms with Crippen LogP contribution in [0, 0.1) is 11.7 Å². The molecule has 2 N–H and O–H groups in total. The van der Waals surface area contributed by atoms with Gasteiger partial charge in [-0.2, -0.15) is 0 Å². The topological polar surface area (TPSA) is 41.5 Å². The minimum atomic E-state index is -0.259. The van der Waals surface area contributed by atoms with E-state index in [2.05, 4.69) is 5.32 Å². The van der Waals surface area contributed by atoms with E-state index in [-0.39, 0.29) is 24.4 Å². The summed E-state index contributed by atoms with van der Waals surface area (Å²) in [5.74, 6) is 0.681. The van der Waals surface area contributed by atoms with Crippen LogP contribution in [0.15, 0.2) is 18.2 Å². The van der Waals surface area contributed by atoms with Gasteiger partial charge in [-0.15, -0.1) is 0 Å². The third-order valence-corrected chi connectivity index (χ3v) is 3.05. The highest BCUT2D eigenvalue weighted by atomic mass is 19.1. The second kappa shape index (κ2) is 4.80. The van der Waals surface area contributed by atoms with E-state index in [4.69, 9.17) is 9.84 Å². The molecule has 0 bridgehead atoms. The predicted octanol–water partition coefficient (Wildman–Crippen LogP) is 1.48. The lowest BCUT2D eigenvalue weighted by atomic mass is 10.00. The number of hydrogen-bond acceptors (Lipinski definition) is 3. The summed E-state index contributed by atoms with van der Waals surface area (Å²) in [6.07, 6.45) is 0.816. The molecule has 2 unspecified atom stereocenters. The van der Waals surface area contributed by atoms with Crippen LogP contribution in [0.5, 0.6) is 5.75 Å². The quantitative estimate of drug-likeness (QED) is 0.818. The number of halogens is 1. The first-order valence-corrected chi connectivity index (χ1v) is 5.42. The van der Waals surface area contributed by atoms with E-state index in [1.807, 2.05) is 0 Å². The van der Waals surface area contributed by atoms with Crippen LogP contribution in [-0.4, -0.2) is 25.4 Å². The largest absolute Gasteiger partial charge is 0.496 e. The fourth-order valence-corrected chi connectivity index (χ4v) is 2.16. The summed E-state index contributed by atoms with van der Waals surface area (Å²) < 4.78 is 18.4. The minimum Gasteiger partial charge on any atom is -0.496 e. The lowest BCUT2D eigenvalue weighted by Gasteiger charge is -2.15. The van der Waals surface area contributed by atoms with Crippen molar-refractivity contribution in [3.05, 3.63) is 29.6 Å². The minimum absolute atomic E-state index is 0.0720. The van der Waals surface area contributed by atoms with E-state index < -0.39 is 0 Å². The summed E-state index contributed by atoms with van der Waals surface area (Å²) >= 11 is 0. The van der Waals surface area contributed by atoms with Crippen molar-refractivity contribution in [3.63, 3.8) is 0 Å². The lowest BCUT2D eigenvalue weighted by molar-refractivity contribution is 0.235. The Bertz CT molecular complexity index is 370. The number of methoxy groups -OCH3 is 1. The maximum Gasteiger partial charge on any atom is 0.123 e. The zero-order valence-electron chi connectivity index (χ0n) is 9.24. The molecule has 1 fully saturated rings. The molecule has 0 saturated carbocycles. The molecule has 2 atom stereocenters. The second-order valence-electron chi connectivity index (χ2n) is 4.13. The lowest BCUT2D eigenvalue weighted by Crippen LogP contribution is -2.15. The molecule has 1 aliphatic heterocycles. The molecule has 1 heterocycles. The molecule has 0 aromatic heterocycles. The molecule has 1 saturated heterocycles. The maximum absolute atomic E-state index is 13.2. The Morgan fingerprint density at radius 3 is 3.00 bits per heavy atom. The fraction of sp³-hybridized carbons (Fsp3) is 0.500. The fourth-order valence-electron chi connectivity index (χ4n) is 2.16. The van der Waals surface area contributed by atoms with E-state index >= 15 is 0 Å². The maximum atomic E-state index is 13.2. The number of aliphatic hydroxyl groups excluding tert-OH is 1. The first-order chi connectivity index (χ1) is 7.74. The van der Waals surface area contributed by atoms with Crippen LogP contribution >= 0.6 is 0 Å². The van der Waals surface area contributed by atoms with Crippen LogP contribution in [-0.2, 0) is 0 Å². The Balaban J connectivity index is 2.22. The molecule has 1 aromatic rings. The molecular formula is C12H16FNO2. The van der Waals surface area contributed by atoms with Crippen LogP contribution in [0.2, 0.25) is 0 Å². The highest BCUT2D eigenvalue weighted by Crippen LogP contribution is 2.33. The van der Waals surface area contributed by atoms with Crippen LogP contribution in [0.4, 0.5) is 4.39 Å². The summed E-state index contributed by atoms with van der Waals surface area (Å²) in [7, 11) is 1.58. The number of aliphatic hydroxyl groups is 1. The summed E-state index contributed by atoms with van der Waals surface area (Å²) in [6.45, 7) is 0.933. The first kappa shape index (κ1) is 11.4. The van der Waals surface area contributed by atoms with Gasteiger partial charge in [0.05, 0.1) is 7.11 Å². The molecule has 0 aliphatic carbocycles. The van der Waals surface area contributed by atoms with Crippen LogP contribution in [0.25, 0.3) is 0 Å². The average molecular weight is 225 g/mol. The third kappa shape index (κ3) is 2.18. The van der Waals surface area contributed by atoms with E-state index in [9.17, 15) is 4.39 Å². The molecule has 0 spiro atoms. The molecule has 0 amide bonds. The van der Waals surface area contributed by atoms with E-state index in [0.29, 0.717) is 5.75 Å². The normalized spacial score (nSPS) is 24.7. The zero-order chi connectivity index (χ0) is 11.5. The van der Waals surface area contributed by atoms with Gasteiger partial charge in [0.15, 0.2) is 0 Å². The number of nitrogens with one attached hydrogen (secondary N) is 1. The van der Waals surface area contributed by atoms with Gasteiger partial charge in [-0.05, 0) is 30.5 Å². The van der Waals surface area contributed by atoms with Crippen molar-refractivity contribution < 1.29 is 14.2 Å². The molecule has 1 aliphatic rings. The van der Waals surface area contributed by atoms with Gasteiger partial charge in [-0.1, -0.05) is 0 Å². The molecule has 4 heteroatoms. The highest BCUT2D eigenvalue weighted by molar-refractivity contribution is 5.37. The van der Waals surface area contributed by atoms with Gasteiger partial charge in [0, 0.05) is 24.8 Å². The Labute approximate surface area is 94.2 Å². The molecule has 0 radical (unpaired) electrons. The van der Waals surface area contributed by atoms with Crippen molar-refractivity contribution in [1.29, 1.82) is 0 Å². The van der Waals surface area contributed by atoms with Crippen molar-refractivity contribution in [1.82, 2.24) is 5.32 Å². The van der Waals surface area contributed by atoms with E-state index in [0.717, 1.165) is 18.5 Å². The molecule has 2 rings (SSSR count). The number of ether oxygens (including phenoxy) is 1.